The van der Waals surface area contributed by atoms with Gasteiger partial charge >= 0.3 is 0 Å². The molecule has 1 saturated heterocycles. The molecule has 1 unspecified atom stereocenters. The maximum absolute atomic E-state index is 13.9. The van der Waals surface area contributed by atoms with E-state index in [0.29, 0.717) is 18.8 Å². The van der Waals surface area contributed by atoms with E-state index in [0.717, 1.165) is 26.1 Å². The Morgan fingerprint density at radius 3 is 2.64 bits per heavy atom. The number of likely N-dealkylation sites (tertiary alicyclic amines) is 1. The van der Waals surface area contributed by atoms with Crippen molar-refractivity contribution >= 4 is 0 Å². The van der Waals surface area contributed by atoms with Gasteiger partial charge in [0.05, 0.1) is 0 Å². The minimum atomic E-state index is -1.09. The zero-order chi connectivity index (χ0) is 10.6. The molecule has 1 heterocycles. The molecule has 0 spiro atoms. The van der Waals surface area contributed by atoms with Crippen molar-refractivity contribution < 1.29 is 4.39 Å². The third-order valence-corrected chi connectivity index (χ3v) is 2.96. The lowest BCUT2D eigenvalue weighted by atomic mass is 9.97. The Kier molecular flexibility index (Phi) is 4.32. The smallest absolute Gasteiger partial charge is 0.124 e. The first-order chi connectivity index (χ1) is 6.56. The van der Waals surface area contributed by atoms with Crippen LogP contribution in [-0.2, 0) is 0 Å². The van der Waals surface area contributed by atoms with Crippen molar-refractivity contribution in [2.24, 2.45) is 11.7 Å². The van der Waals surface area contributed by atoms with Crippen LogP contribution in [0.3, 0.4) is 0 Å². The zero-order valence-corrected chi connectivity index (χ0v) is 9.43. The van der Waals surface area contributed by atoms with Crippen LogP contribution < -0.4 is 5.73 Å². The Hall–Kier alpha value is -0.150. The summed E-state index contributed by atoms with van der Waals surface area (Å²) in [5.74, 6) is 0.667. The molecule has 0 saturated carbocycles. The molecule has 3 heteroatoms. The summed E-state index contributed by atoms with van der Waals surface area (Å²) in [6.45, 7) is 7.58. The highest BCUT2D eigenvalue weighted by molar-refractivity contribution is 4.84. The number of nitrogens with two attached hydrogens (primary N) is 1. The van der Waals surface area contributed by atoms with Crippen molar-refractivity contribution in [1.82, 2.24) is 4.90 Å². The Balaban J connectivity index is 2.40. The third kappa shape index (κ3) is 3.54. The first kappa shape index (κ1) is 11.9. The van der Waals surface area contributed by atoms with E-state index in [9.17, 15) is 4.39 Å². The van der Waals surface area contributed by atoms with E-state index < -0.39 is 5.67 Å². The first-order valence-electron chi connectivity index (χ1n) is 5.67. The first-order valence-corrected chi connectivity index (χ1v) is 5.67. The fraction of sp³-hybridized carbons (Fsp3) is 1.00. The van der Waals surface area contributed by atoms with Crippen LogP contribution in [0.2, 0.25) is 0 Å². The standard InChI is InChI=1S/C11H23FN2/c1-10(2)8-14-6-3-4-11(12,9-13)5-7-14/h10H,3-9,13H2,1-2H3. The SMILES string of the molecule is CC(C)CN1CCCC(F)(CN)CC1. The summed E-state index contributed by atoms with van der Waals surface area (Å²) in [5.41, 5.74) is 4.37. The molecule has 1 rings (SSSR count). The molecule has 0 aromatic heterocycles. The summed E-state index contributed by atoms with van der Waals surface area (Å²) in [6.07, 6.45) is 2.19. The lowest BCUT2D eigenvalue weighted by Gasteiger charge is -2.23. The molecule has 1 aliphatic heterocycles. The molecule has 0 aliphatic carbocycles. The van der Waals surface area contributed by atoms with Crippen LogP contribution in [0.25, 0.3) is 0 Å². The summed E-state index contributed by atoms with van der Waals surface area (Å²) in [5, 5.41) is 0. The summed E-state index contributed by atoms with van der Waals surface area (Å²) in [6, 6.07) is 0. The Morgan fingerprint density at radius 1 is 1.36 bits per heavy atom. The van der Waals surface area contributed by atoms with Gasteiger partial charge in [0, 0.05) is 19.6 Å². The molecule has 1 atom stereocenters. The minimum Gasteiger partial charge on any atom is -0.328 e. The van der Waals surface area contributed by atoms with E-state index in [4.69, 9.17) is 5.73 Å². The van der Waals surface area contributed by atoms with Crippen molar-refractivity contribution in [2.45, 2.75) is 38.8 Å². The fourth-order valence-electron chi connectivity index (χ4n) is 2.12. The average Bonchev–Trinajstić information content (AvgIpc) is 2.29. The molecule has 14 heavy (non-hydrogen) atoms. The topological polar surface area (TPSA) is 29.3 Å². The van der Waals surface area contributed by atoms with E-state index in [-0.39, 0.29) is 6.54 Å². The van der Waals surface area contributed by atoms with Gasteiger partial charge in [0.15, 0.2) is 0 Å². The number of nitrogens with zero attached hydrogens (tertiary/aromatic N) is 1. The molecule has 0 amide bonds. The van der Waals surface area contributed by atoms with Gasteiger partial charge in [0.2, 0.25) is 0 Å². The summed E-state index contributed by atoms with van der Waals surface area (Å²) in [4.78, 5) is 2.36. The Bertz CT molecular complexity index is 173. The van der Waals surface area contributed by atoms with Crippen LogP contribution in [0.1, 0.15) is 33.1 Å². The lowest BCUT2D eigenvalue weighted by molar-refractivity contribution is 0.146. The summed E-state index contributed by atoms with van der Waals surface area (Å²) in [7, 11) is 0. The molecule has 0 aromatic rings. The van der Waals surface area contributed by atoms with Crippen LogP contribution in [0.5, 0.6) is 0 Å². The maximum atomic E-state index is 13.9. The van der Waals surface area contributed by atoms with E-state index in [1.807, 2.05) is 0 Å². The molecule has 0 radical (unpaired) electrons. The molecule has 2 nitrogen and oxygen atoms in total. The van der Waals surface area contributed by atoms with Gasteiger partial charge in [-0.15, -0.1) is 0 Å². The van der Waals surface area contributed by atoms with Crippen LogP contribution in [0.4, 0.5) is 4.39 Å². The number of hydrogen-bond acceptors (Lipinski definition) is 2. The maximum Gasteiger partial charge on any atom is 0.124 e. The highest BCUT2D eigenvalue weighted by atomic mass is 19.1. The van der Waals surface area contributed by atoms with Crippen molar-refractivity contribution in [3.05, 3.63) is 0 Å². The highest BCUT2D eigenvalue weighted by Crippen LogP contribution is 2.25. The van der Waals surface area contributed by atoms with Gasteiger partial charge in [-0.05, 0) is 31.7 Å². The Morgan fingerprint density at radius 2 is 2.07 bits per heavy atom. The van der Waals surface area contributed by atoms with Crippen LogP contribution in [-0.4, -0.2) is 36.7 Å². The predicted molar refractivity (Wildman–Crippen MR) is 58.0 cm³/mol. The number of hydrogen-bond donors (Lipinski definition) is 1. The second kappa shape index (κ2) is 5.08. The molecule has 0 bridgehead atoms. The second-order valence-corrected chi connectivity index (χ2v) is 4.90. The third-order valence-electron chi connectivity index (χ3n) is 2.96. The van der Waals surface area contributed by atoms with Crippen LogP contribution in [0, 0.1) is 5.92 Å². The van der Waals surface area contributed by atoms with Gasteiger partial charge in [0.25, 0.3) is 0 Å². The van der Waals surface area contributed by atoms with Gasteiger partial charge in [0.1, 0.15) is 5.67 Å². The van der Waals surface area contributed by atoms with Gasteiger partial charge in [-0.25, -0.2) is 4.39 Å². The fourth-order valence-corrected chi connectivity index (χ4v) is 2.12. The second-order valence-electron chi connectivity index (χ2n) is 4.90. The summed E-state index contributed by atoms with van der Waals surface area (Å²) >= 11 is 0. The molecule has 2 N–H and O–H groups in total. The van der Waals surface area contributed by atoms with Crippen molar-refractivity contribution in [3.8, 4) is 0 Å². The van der Waals surface area contributed by atoms with Gasteiger partial charge < -0.3 is 10.6 Å². The largest absolute Gasteiger partial charge is 0.328 e. The van der Waals surface area contributed by atoms with Gasteiger partial charge in [-0.3, -0.25) is 0 Å². The molecule has 84 valence electrons. The van der Waals surface area contributed by atoms with Crippen LogP contribution >= 0.6 is 0 Å². The molecule has 1 fully saturated rings. The van der Waals surface area contributed by atoms with Crippen LogP contribution in [0.15, 0.2) is 0 Å². The predicted octanol–water partition coefficient (Wildman–Crippen LogP) is 1.80. The molecular weight excluding hydrogens is 179 g/mol. The molecule has 0 aromatic carbocycles. The average molecular weight is 202 g/mol. The van der Waals surface area contributed by atoms with E-state index in [1.165, 1.54) is 0 Å². The highest BCUT2D eigenvalue weighted by Gasteiger charge is 2.30. The van der Waals surface area contributed by atoms with E-state index in [1.54, 1.807) is 0 Å². The number of alkyl halides is 1. The monoisotopic (exact) mass is 202 g/mol. The molecule has 1 aliphatic rings. The van der Waals surface area contributed by atoms with E-state index >= 15 is 0 Å². The van der Waals surface area contributed by atoms with E-state index in [2.05, 4.69) is 18.7 Å². The normalized spacial score (nSPS) is 30.6. The summed E-state index contributed by atoms with van der Waals surface area (Å²) < 4.78 is 13.9. The van der Waals surface area contributed by atoms with Crippen molar-refractivity contribution in [3.63, 3.8) is 0 Å². The van der Waals surface area contributed by atoms with Gasteiger partial charge in [-0.2, -0.15) is 0 Å². The number of rotatable bonds is 3. The quantitative estimate of drug-likeness (QED) is 0.756. The van der Waals surface area contributed by atoms with Gasteiger partial charge in [-0.1, -0.05) is 13.8 Å². The Labute approximate surface area is 86.6 Å². The molecular formula is C11H23FN2. The number of halogens is 1. The van der Waals surface area contributed by atoms with Crippen molar-refractivity contribution in [2.75, 3.05) is 26.2 Å². The zero-order valence-electron chi connectivity index (χ0n) is 9.43. The lowest BCUT2D eigenvalue weighted by Crippen LogP contribution is -2.35. The van der Waals surface area contributed by atoms with Crippen molar-refractivity contribution in [1.29, 1.82) is 0 Å². The minimum absolute atomic E-state index is 0.183.